The topological polar surface area (TPSA) is 54.2 Å². The van der Waals surface area contributed by atoms with Gasteiger partial charge < -0.3 is 16.0 Å². The highest BCUT2D eigenvalue weighted by atomic mass is 15.1. The van der Waals surface area contributed by atoms with Crippen LogP contribution in [0.25, 0.3) is 0 Å². The standard InChI is InChI=1S/C14H24N4/c15-6-10-18-8-4-13(5-9-18)11-16-12-14-3-1-2-7-17-14/h1-3,7,13,16H,4-6,8-12,15H2. The van der Waals surface area contributed by atoms with E-state index in [-0.39, 0.29) is 0 Å². The minimum Gasteiger partial charge on any atom is -0.329 e. The van der Waals surface area contributed by atoms with Crippen molar-refractivity contribution >= 4 is 0 Å². The van der Waals surface area contributed by atoms with E-state index in [0.717, 1.165) is 37.8 Å². The number of hydrogen-bond acceptors (Lipinski definition) is 4. The normalized spacial score (nSPS) is 18.1. The Morgan fingerprint density at radius 1 is 1.33 bits per heavy atom. The number of likely N-dealkylation sites (tertiary alicyclic amines) is 1. The van der Waals surface area contributed by atoms with E-state index < -0.39 is 0 Å². The molecule has 0 aliphatic carbocycles. The van der Waals surface area contributed by atoms with E-state index in [4.69, 9.17) is 5.73 Å². The lowest BCUT2D eigenvalue weighted by Gasteiger charge is -2.31. The molecule has 3 N–H and O–H groups in total. The van der Waals surface area contributed by atoms with Crippen LogP contribution in [-0.2, 0) is 6.54 Å². The lowest BCUT2D eigenvalue weighted by molar-refractivity contribution is 0.186. The largest absolute Gasteiger partial charge is 0.329 e. The predicted molar refractivity (Wildman–Crippen MR) is 74.2 cm³/mol. The molecular formula is C14H24N4. The van der Waals surface area contributed by atoms with Gasteiger partial charge in [0.1, 0.15) is 0 Å². The van der Waals surface area contributed by atoms with Crippen LogP contribution < -0.4 is 11.1 Å². The van der Waals surface area contributed by atoms with Crippen LogP contribution in [0.15, 0.2) is 24.4 Å². The fourth-order valence-electron chi connectivity index (χ4n) is 2.50. The zero-order valence-corrected chi connectivity index (χ0v) is 11.0. The summed E-state index contributed by atoms with van der Waals surface area (Å²) < 4.78 is 0. The quantitative estimate of drug-likeness (QED) is 0.783. The molecule has 1 fully saturated rings. The highest BCUT2D eigenvalue weighted by molar-refractivity contribution is 5.02. The minimum atomic E-state index is 0.780. The molecule has 0 atom stereocenters. The number of rotatable bonds is 6. The first-order valence-corrected chi connectivity index (χ1v) is 6.91. The summed E-state index contributed by atoms with van der Waals surface area (Å²) in [5.41, 5.74) is 6.70. The molecule has 4 heteroatoms. The number of nitrogens with one attached hydrogen (secondary N) is 1. The lowest BCUT2D eigenvalue weighted by Crippen LogP contribution is -2.39. The fraction of sp³-hybridized carbons (Fsp3) is 0.643. The highest BCUT2D eigenvalue weighted by Gasteiger charge is 2.17. The molecule has 1 aromatic rings. The molecule has 2 rings (SSSR count). The maximum absolute atomic E-state index is 5.58. The Kier molecular flexibility index (Phi) is 5.58. The van der Waals surface area contributed by atoms with Crippen molar-refractivity contribution in [3.63, 3.8) is 0 Å². The Labute approximate surface area is 110 Å². The number of nitrogens with zero attached hydrogens (tertiary/aromatic N) is 2. The number of aromatic nitrogens is 1. The zero-order valence-electron chi connectivity index (χ0n) is 11.0. The van der Waals surface area contributed by atoms with E-state index in [0.29, 0.717) is 0 Å². The van der Waals surface area contributed by atoms with Gasteiger partial charge in [0.2, 0.25) is 0 Å². The van der Waals surface area contributed by atoms with Crippen LogP contribution >= 0.6 is 0 Å². The number of nitrogens with two attached hydrogens (primary N) is 1. The molecule has 1 saturated heterocycles. The number of piperidine rings is 1. The summed E-state index contributed by atoms with van der Waals surface area (Å²) in [7, 11) is 0. The zero-order chi connectivity index (χ0) is 12.6. The first-order valence-electron chi connectivity index (χ1n) is 6.91. The molecule has 100 valence electrons. The molecule has 0 unspecified atom stereocenters. The number of pyridine rings is 1. The second-order valence-electron chi connectivity index (χ2n) is 5.03. The molecule has 2 heterocycles. The molecule has 4 nitrogen and oxygen atoms in total. The maximum atomic E-state index is 5.58. The van der Waals surface area contributed by atoms with Gasteiger partial charge in [-0.3, -0.25) is 4.98 Å². The first kappa shape index (κ1) is 13.5. The van der Waals surface area contributed by atoms with Crippen LogP contribution in [0.1, 0.15) is 18.5 Å². The van der Waals surface area contributed by atoms with Crippen molar-refractivity contribution in [2.75, 3.05) is 32.7 Å². The van der Waals surface area contributed by atoms with Gasteiger partial charge >= 0.3 is 0 Å². The minimum absolute atomic E-state index is 0.780. The third-order valence-corrected chi connectivity index (χ3v) is 3.62. The predicted octanol–water partition coefficient (Wildman–Crippen LogP) is 0.842. The number of hydrogen-bond donors (Lipinski definition) is 2. The highest BCUT2D eigenvalue weighted by Crippen LogP contribution is 2.15. The van der Waals surface area contributed by atoms with Crippen LogP contribution in [0.4, 0.5) is 0 Å². The van der Waals surface area contributed by atoms with E-state index in [9.17, 15) is 0 Å². The Morgan fingerprint density at radius 2 is 2.17 bits per heavy atom. The summed E-state index contributed by atoms with van der Waals surface area (Å²) in [5.74, 6) is 0.808. The van der Waals surface area contributed by atoms with Gasteiger partial charge in [0, 0.05) is 25.8 Å². The van der Waals surface area contributed by atoms with E-state index in [1.165, 1.54) is 25.9 Å². The van der Waals surface area contributed by atoms with Crippen molar-refractivity contribution in [3.05, 3.63) is 30.1 Å². The van der Waals surface area contributed by atoms with Crippen molar-refractivity contribution in [1.29, 1.82) is 0 Å². The molecule has 0 aromatic carbocycles. The van der Waals surface area contributed by atoms with Gasteiger partial charge in [0.25, 0.3) is 0 Å². The average molecular weight is 248 g/mol. The SMILES string of the molecule is NCCN1CCC(CNCc2ccccn2)CC1. The van der Waals surface area contributed by atoms with E-state index in [1.807, 2.05) is 18.3 Å². The van der Waals surface area contributed by atoms with Gasteiger partial charge in [-0.1, -0.05) is 6.07 Å². The second kappa shape index (κ2) is 7.46. The van der Waals surface area contributed by atoms with Gasteiger partial charge in [-0.2, -0.15) is 0 Å². The Morgan fingerprint density at radius 3 is 2.83 bits per heavy atom. The Bertz CT molecular complexity index is 320. The molecule has 0 amide bonds. The third-order valence-electron chi connectivity index (χ3n) is 3.62. The van der Waals surface area contributed by atoms with Crippen LogP contribution in [0.2, 0.25) is 0 Å². The van der Waals surface area contributed by atoms with E-state index in [2.05, 4.69) is 21.3 Å². The molecule has 0 bridgehead atoms. The van der Waals surface area contributed by atoms with Gasteiger partial charge in [0.15, 0.2) is 0 Å². The van der Waals surface area contributed by atoms with Gasteiger partial charge in [-0.15, -0.1) is 0 Å². The summed E-state index contributed by atoms with van der Waals surface area (Å²) in [6, 6.07) is 6.06. The molecule has 0 radical (unpaired) electrons. The van der Waals surface area contributed by atoms with E-state index >= 15 is 0 Å². The van der Waals surface area contributed by atoms with Crippen molar-refractivity contribution in [2.24, 2.45) is 11.7 Å². The lowest BCUT2D eigenvalue weighted by atomic mass is 9.97. The summed E-state index contributed by atoms with van der Waals surface area (Å²) >= 11 is 0. The maximum Gasteiger partial charge on any atom is 0.0541 e. The second-order valence-corrected chi connectivity index (χ2v) is 5.03. The summed E-state index contributed by atoms with van der Waals surface area (Å²) in [5, 5.41) is 3.51. The molecule has 0 spiro atoms. The summed E-state index contributed by atoms with van der Waals surface area (Å²) in [6.45, 7) is 6.22. The van der Waals surface area contributed by atoms with Crippen molar-refractivity contribution in [3.8, 4) is 0 Å². The first-order chi connectivity index (χ1) is 8.88. The molecule has 18 heavy (non-hydrogen) atoms. The molecule has 1 aliphatic rings. The molecule has 0 saturated carbocycles. The van der Waals surface area contributed by atoms with Gasteiger partial charge in [-0.05, 0) is 50.5 Å². The Hall–Kier alpha value is -0.970. The van der Waals surface area contributed by atoms with Crippen LogP contribution in [-0.4, -0.2) is 42.6 Å². The van der Waals surface area contributed by atoms with Crippen molar-refractivity contribution in [1.82, 2.24) is 15.2 Å². The third kappa shape index (κ3) is 4.37. The van der Waals surface area contributed by atoms with E-state index in [1.54, 1.807) is 0 Å². The molecular weight excluding hydrogens is 224 g/mol. The average Bonchev–Trinajstić information content (AvgIpc) is 2.42. The molecule has 1 aromatic heterocycles. The van der Waals surface area contributed by atoms with Gasteiger partial charge in [0.05, 0.1) is 5.69 Å². The van der Waals surface area contributed by atoms with Crippen LogP contribution in [0.5, 0.6) is 0 Å². The van der Waals surface area contributed by atoms with Crippen molar-refractivity contribution < 1.29 is 0 Å². The van der Waals surface area contributed by atoms with Gasteiger partial charge in [-0.25, -0.2) is 0 Å². The summed E-state index contributed by atoms with van der Waals surface area (Å²) in [6.07, 6.45) is 4.42. The van der Waals surface area contributed by atoms with Crippen LogP contribution in [0, 0.1) is 5.92 Å². The van der Waals surface area contributed by atoms with Crippen molar-refractivity contribution in [2.45, 2.75) is 19.4 Å². The fourth-order valence-corrected chi connectivity index (χ4v) is 2.50. The smallest absolute Gasteiger partial charge is 0.0541 e. The Balaban J connectivity index is 1.61. The van der Waals surface area contributed by atoms with Crippen LogP contribution in [0.3, 0.4) is 0 Å². The monoisotopic (exact) mass is 248 g/mol. The molecule has 1 aliphatic heterocycles. The summed E-state index contributed by atoms with van der Waals surface area (Å²) in [4.78, 5) is 6.78.